The van der Waals surface area contributed by atoms with Gasteiger partial charge in [-0.15, -0.1) is 0 Å². The number of hydrogen-bond acceptors (Lipinski definition) is 10. The minimum absolute atomic E-state index is 0.0262. The van der Waals surface area contributed by atoms with Gasteiger partial charge in [0.2, 0.25) is 0 Å². The molecule has 2 spiro atoms. The average Bonchev–Trinajstić information content (AvgIpc) is 3.57. The Bertz CT molecular complexity index is 1280. The molecule has 6 N–H and O–H groups in total. The predicted octanol–water partition coefficient (Wildman–Crippen LogP) is 3.79. The second-order valence-electron chi connectivity index (χ2n) is 18.5. The molecule has 11 nitrogen and oxygen atoms in total. The summed E-state index contributed by atoms with van der Waals surface area (Å²) in [5.41, 5.74) is -2.63. The third kappa shape index (κ3) is 5.45. The zero-order valence-electron chi connectivity index (χ0n) is 30.6. The van der Waals surface area contributed by atoms with E-state index >= 15 is 0 Å². The first-order valence-corrected chi connectivity index (χ1v) is 18.8. The molecule has 1 aliphatic heterocycles. The largest absolute Gasteiger partial charge is 0.481 e. The highest BCUT2D eigenvalue weighted by molar-refractivity contribution is 5.78. The number of esters is 1. The van der Waals surface area contributed by atoms with Crippen molar-refractivity contribution in [3.05, 3.63) is 0 Å². The first kappa shape index (κ1) is 37.4. The number of rotatable bonds is 10. The van der Waals surface area contributed by atoms with Gasteiger partial charge in [-0.2, -0.15) is 0 Å². The second-order valence-corrected chi connectivity index (χ2v) is 18.5. The Morgan fingerprint density at radius 2 is 1.55 bits per heavy atom. The predicted molar refractivity (Wildman–Crippen MR) is 178 cm³/mol. The Morgan fingerprint density at radius 3 is 2.18 bits per heavy atom. The monoisotopic (exact) mass is 694 g/mol. The number of fused-ring (bicyclic) bond motifs is 2. The maximum absolute atomic E-state index is 13.7. The van der Waals surface area contributed by atoms with E-state index in [-0.39, 0.29) is 58.0 Å². The molecular formula is C38H62O11. The topological polar surface area (TPSA) is 183 Å². The smallest absolute Gasteiger partial charge is 0.310 e. The van der Waals surface area contributed by atoms with E-state index in [0.717, 1.165) is 51.4 Å². The quantitative estimate of drug-likeness (QED) is 0.145. The number of ether oxygens (including phenoxy) is 3. The number of aliphatic hydroxyl groups excluding tert-OH is 4. The maximum atomic E-state index is 13.7. The Morgan fingerprint density at radius 1 is 0.898 bits per heavy atom. The molecule has 0 aromatic heterocycles. The van der Waals surface area contributed by atoms with Crippen LogP contribution < -0.4 is 0 Å². The summed E-state index contributed by atoms with van der Waals surface area (Å²) in [5, 5.41) is 64.0. The number of aliphatic carboxylic acids is 1. The van der Waals surface area contributed by atoms with Gasteiger partial charge in [-0.05, 0) is 130 Å². The van der Waals surface area contributed by atoms with E-state index < -0.39 is 59.8 Å². The molecule has 0 bridgehead atoms. The van der Waals surface area contributed by atoms with E-state index in [4.69, 9.17) is 14.2 Å². The van der Waals surface area contributed by atoms with Crippen molar-refractivity contribution in [1.29, 1.82) is 0 Å². The van der Waals surface area contributed by atoms with Gasteiger partial charge in [0.25, 0.3) is 0 Å². The van der Waals surface area contributed by atoms with E-state index in [9.17, 15) is 40.2 Å². The summed E-state index contributed by atoms with van der Waals surface area (Å²) in [6.07, 6.45) is 1.28. The lowest BCUT2D eigenvalue weighted by molar-refractivity contribution is -0.326. The van der Waals surface area contributed by atoms with Crippen molar-refractivity contribution in [1.82, 2.24) is 0 Å². The highest BCUT2D eigenvalue weighted by atomic mass is 16.7. The van der Waals surface area contributed by atoms with Crippen LogP contribution in [0.3, 0.4) is 0 Å². The van der Waals surface area contributed by atoms with Crippen LogP contribution in [0.5, 0.6) is 0 Å². The maximum Gasteiger partial charge on any atom is 0.310 e. The second kappa shape index (κ2) is 12.4. The summed E-state index contributed by atoms with van der Waals surface area (Å²) >= 11 is 0. The molecule has 49 heavy (non-hydrogen) atoms. The van der Waals surface area contributed by atoms with Gasteiger partial charge in [0.05, 0.1) is 23.2 Å². The van der Waals surface area contributed by atoms with Crippen LogP contribution in [0.25, 0.3) is 0 Å². The van der Waals surface area contributed by atoms with Crippen LogP contribution in [0.4, 0.5) is 0 Å². The molecule has 0 aromatic carbocycles. The van der Waals surface area contributed by atoms with Gasteiger partial charge in [0.15, 0.2) is 6.29 Å². The third-order valence-electron chi connectivity index (χ3n) is 15.7. The molecule has 5 aliphatic carbocycles. The van der Waals surface area contributed by atoms with Gasteiger partial charge >= 0.3 is 11.9 Å². The standard InChI is InChI=1S/C38H62O11/c1-20(8-11-26(40)34(5,6)46)22-12-15-38(32(44)45)25-10-9-24-33(3,4)27(13-14-36(24)19-37(25,36)17-16-35(22,38)7)49-31-30(43)29(42)28(41)23(48-31)18-47-21(2)39/h20,22-31,40-43,46H,8-19H2,1-7H3,(H,44,45)/t20-,22-,23-,24+,25-,26?,27-,28-,29+,30-,31+,35-,36-,37+,38+/m1/s1. The number of carbonyl (C=O) groups is 2. The average molecular weight is 695 g/mol. The van der Waals surface area contributed by atoms with E-state index in [1.165, 1.54) is 6.92 Å². The number of carboxylic acids is 1. The highest BCUT2D eigenvalue weighted by Crippen LogP contribution is 2.89. The van der Waals surface area contributed by atoms with Gasteiger partial charge in [0, 0.05) is 6.92 Å². The van der Waals surface area contributed by atoms with Crippen LogP contribution >= 0.6 is 0 Å². The molecule has 5 saturated carbocycles. The lowest BCUT2D eigenvalue weighted by Crippen LogP contribution is -2.63. The fraction of sp³-hybridized carbons (Fsp3) is 0.947. The van der Waals surface area contributed by atoms with E-state index in [1.807, 2.05) is 0 Å². The number of carbonyl (C=O) groups excluding carboxylic acids is 1. The molecule has 1 unspecified atom stereocenters. The lowest BCUT2D eigenvalue weighted by Gasteiger charge is -2.63. The van der Waals surface area contributed by atoms with Gasteiger partial charge in [0.1, 0.15) is 31.0 Å². The number of hydrogen-bond donors (Lipinski definition) is 6. The summed E-state index contributed by atoms with van der Waals surface area (Å²) in [6.45, 7) is 13.1. The Kier molecular flexibility index (Phi) is 9.45. The molecule has 280 valence electrons. The molecule has 0 radical (unpaired) electrons. The molecule has 6 fully saturated rings. The van der Waals surface area contributed by atoms with Gasteiger partial charge in [-0.1, -0.05) is 27.7 Å². The zero-order chi connectivity index (χ0) is 36.1. The lowest BCUT2D eigenvalue weighted by atomic mass is 9.41. The molecule has 1 heterocycles. The van der Waals surface area contributed by atoms with Crippen molar-refractivity contribution in [2.24, 2.45) is 50.7 Å². The summed E-state index contributed by atoms with van der Waals surface area (Å²) in [7, 11) is 0. The molecule has 6 aliphatic rings. The van der Waals surface area contributed by atoms with Gasteiger partial charge in [-0.3, -0.25) is 9.59 Å². The Hall–Kier alpha value is -1.34. The summed E-state index contributed by atoms with van der Waals surface area (Å²) in [6, 6.07) is 0. The minimum Gasteiger partial charge on any atom is -0.481 e. The van der Waals surface area contributed by atoms with E-state index in [0.29, 0.717) is 19.3 Å². The molecule has 0 amide bonds. The molecular weight excluding hydrogens is 632 g/mol. The summed E-state index contributed by atoms with van der Waals surface area (Å²) < 4.78 is 17.4. The minimum atomic E-state index is -1.52. The fourth-order valence-corrected chi connectivity index (χ4v) is 13.1. The summed E-state index contributed by atoms with van der Waals surface area (Å²) in [5.74, 6) is -0.323. The van der Waals surface area contributed by atoms with Crippen molar-refractivity contribution in [2.75, 3.05) is 6.61 Å². The molecule has 1 saturated heterocycles. The van der Waals surface area contributed by atoms with E-state index in [2.05, 4.69) is 27.7 Å². The molecule has 11 heteroatoms. The Labute approximate surface area is 291 Å². The highest BCUT2D eigenvalue weighted by Gasteiger charge is 2.84. The van der Waals surface area contributed by atoms with Gasteiger partial charge < -0.3 is 44.8 Å². The van der Waals surface area contributed by atoms with Crippen molar-refractivity contribution in [3.63, 3.8) is 0 Å². The normalized spacial score (nSPS) is 48.3. The van der Waals surface area contributed by atoms with Crippen molar-refractivity contribution in [2.45, 2.75) is 168 Å². The van der Waals surface area contributed by atoms with Gasteiger partial charge in [-0.25, -0.2) is 0 Å². The molecule has 6 rings (SSSR count). The van der Waals surface area contributed by atoms with Crippen molar-refractivity contribution >= 4 is 11.9 Å². The van der Waals surface area contributed by atoms with Crippen molar-refractivity contribution < 1.29 is 54.4 Å². The van der Waals surface area contributed by atoms with Crippen LogP contribution in [0.2, 0.25) is 0 Å². The first-order valence-electron chi connectivity index (χ1n) is 18.8. The van der Waals surface area contributed by atoms with Crippen molar-refractivity contribution in [3.8, 4) is 0 Å². The first-order chi connectivity index (χ1) is 22.7. The fourth-order valence-electron chi connectivity index (χ4n) is 13.1. The number of aliphatic hydroxyl groups is 5. The Balaban J connectivity index is 1.20. The number of carboxylic acid groups (broad SMARTS) is 1. The summed E-state index contributed by atoms with van der Waals surface area (Å²) in [4.78, 5) is 25.1. The van der Waals surface area contributed by atoms with E-state index in [1.54, 1.807) is 13.8 Å². The van der Waals surface area contributed by atoms with Crippen LogP contribution in [-0.4, -0.2) is 97.7 Å². The SMILES string of the molecule is CC(=O)OC[C@H]1O[C@@H](O[C@@H]2CC[C@]34C[C@]35CC[C@]3(C)[C@@H]([C@H](C)CCC(O)C(C)(C)O)CC[C@@]3(C(=O)O)[C@@H]5CC[C@H]4C2(C)C)[C@H](O)[C@@H](O)[C@@H]1O. The molecule has 0 aromatic rings. The zero-order valence-corrected chi connectivity index (χ0v) is 30.6. The third-order valence-corrected chi connectivity index (χ3v) is 15.7. The van der Waals surface area contributed by atoms with Crippen LogP contribution in [-0.2, 0) is 23.8 Å². The van der Waals surface area contributed by atoms with Crippen LogP contribution in [0, 0.1) is 50.7 Å². The molecule has 15 atom stereocenters. The van der Waals surface area contributed by atoms with Crippen LogP contribution in [0.15, 0.2) is 0 Å². The van der Waals surface area contributed by atoms with Crippen LogP contribution in [0.1, 0.15) is 119 Å².